The highest BCUT2D eigenvalue weighted by Crippen LogP contribution is 2.46. The van der Waals surface area contributed by atoms with Crippen LogP contribution in [0.1, 0.15) is 22.7 Å². The number of hydrogen-bond donors (Lipinski definition) is 1. The monoisotopic (exact) mass is 278 g/mol. The van der Waals surface area contributed by atoms with Crippen molar-refractivity contribution in [2.45, 2.75) is 24.6 Å². The molecule has 2 bridgehead atoms. The lowest BCUT2D eigenvalue weighted by Gasteiger charge is -2.37. The summed E-state index contributed by atoms with van der Waals surface area (Å²) in [4.78, 5) is 6.01. The SMILES string of the molecule is OC1(c2cnc(C(F)(F)F)s2)CCN2CCC1C2. The molecule has 1 aromatic rings. The van der Waals surface area contributed by atoms with E-state index in [1.54, 1.807) is 0 Å². The van der Waals surface area contributed by atoms with E-state index in [1.165, 1.54) is 6.20 Å². The molecule has 0 aliphatic carbocycles. The fourth-order valence-corrected chi connectivity index (χ4v) is 3.87. The number of thiazole rings is 1. The van der Waals surface area contributed by atoms with Crippen molar-refractivity contribution >= 4 is 11.3 Å². The Balaban J connectivity index is 1.92. The highest BCUT2D eigenvalue weighted by Gasteiger charge is 2.48. The van der Waals surface area contributed by atoms with Gasteiger partial charge in [-0.25, -0.2) is 4.98 Å². The number of alkyl halides is 3. The van der Waals surface area contributed by atoms with Crippen LogP contribution in [0.3, 0.4) is 0 Å². The Morgan fingerprint density at radius 2 is 2.22 bits per heavy atom. The number of piperidine rings is 1. The molecule has 2 saturated heterocycles. The zero-order valence-corrected chi connectivity index (χ0v) is 10.4. The van der Waals surface area contributed by atoms with Crippen molar-refractivity contribution in [3.63, 3.8) is 0 Å². The number of nitrogens with zero attached hydrogens (tertiary/aromatic N) is 2. The lowest BCUT2D eigenvalue weighted by molar-refractivity contribution is -0.137. The second-order valence-electron chi connectivity index (χ2n) is 4.99. The summed E-state index contributed by atoms with van der Waals surface area (Å²) >= 11 is 0.578. The van der Waals surface area contributed by atoms with Crippen LogP contribution in [-0.2, 0) is 11.8 Å². The van der Waals surface area contributed by atoms with Crippen molar-refractivity contribution in [2.75, 3.05) is 19.6 Å². The summed E-state index contributed by atoms with van der Waals surface area (Å²) in [6.45, 7) is 2.44. The van der Waals surface area contributed by atoms with Crippen LogP contribution in [0.5, 0.6) is 0 Å². The van der Waals surface area contributed by atoms with E-state index in [1.807, 2.05) is 0 Å². The molecular formula is C11H13F3N2OS. The highest BCUT2D eigenvalue weighted by molar-refractivity contribution is 7.11. The van der Waals surface area contributed by atoms with Crippen molar-refractivity contribution in [3.8, 4) is 0 Å². The predicted molar refractivity (Wildman–Crippen MR) is 60.2 cm³/mol. The summed E-state index contributed by atoms with van der Waals surface area (Å²) in [6, 6.07) is 0. The molecule has 3 unspecified atom stereocenters. The van der Waals surface area contributed by atoms with Crippen LogP contribution in [0.4, 0.5) is 13.2 Å². The quantitative estimate of drug-likeness (QED) is 0.854. The minimum Gasteiger partial charge on any atom is -0.384 e. The van der Waals surface area contributed by atoms with Gasteiger partial charge in [-0.05, 0) is 19.4 Å². The Bertz CT molecular complexity index is 461. The van der Waals surface area contributed by atoms with Gasteiger partial charge in [-0.1, -0.05) is 0 Å². The van der Waals surface area contributed by atoms with Gasteiger partial charge in [0.1, 0.15) is 5.60 Å². The van der Waals surface area contributed by atoms with Crippen molar-refractivity contribution < 1.29 is 18.3 Å². The summed E-state index contributed by atoms with van der Waals surface area (Å²) in [5, 5.41) is 9.82. The molecule has 3 heterocycles. The van der Waals surface area contributed by atoms with Crippen LogP contribution in [0.2, 0.25) is 0 Å². The number of rotatable bonds is 1. The molecule has 1 aromatic heterocycles. The van der Waals surface area contributed by atoms with Crippen LogP contribution in [0.25, 0.3) is 0 Å². The Labute approximate surface area is 106 Å². The fourth-order valence-electron chi connectivity index (χ4n) is 2.89. The predicted octanol–water partition coefficient (Wildman–Crippen LogP) is 2.08. The van der Waals surface area contributed by atoms with E-state index in [0.29, 0.717) is 22.6 Å². The number of hydrogen-bond acceptors (Lipinski definition) is 4. The van der Waals surface area contributed by atoms with E-state index >= 15 is 0 Å². The molecule has 1 N–H and O–H groups in total. The van der Waals surface area contributed by atoms with Gasteiger partial charge in [0.05, 0.1) is 4.88 Å². The van der Waals surface area contributed by atoms with Crippen LogP contribution in [-0.4, -0.2) is 34.6 Å². The Kier molecular flexibility index (Phi) is 2.69. The van der Waals surface area contributed by atoms with Crippen molar-refractivity contribution in [2.24, 2.45) is 5.92 Å². The average molecular weight is 278 g/mol. The topological polar surface area (TPSA) is 36.4 Å². The first-order chi connectivity index (χ1) is 8.39. The summed E-state index contributed by atoms with van der Waals surface area (Å²) in [7, 11) is 0. The maximum atomic E-state index is 12.5. The molecule has 18 heavy (non-hydrogen) atoms. The number of aliphatic hydroxyl groups is 1. The lowest BCUT2D eigenvalue weighted by atomic mass is 9.81. The number of fused-ring (bicyclic) bond motifs is 2. The van der Waals surface area contributed by atoms with Gasteiger partial charge >= 0.3 is 6.18 Å². The maximum absolute atomic E-state index is 12.5. The molecule has 3 nitrogen and oxygen atoms in total. The second-order valence-corrected chi connectivity index (χ2v) is 6.02. The smallest absolute Gasteiger partial charge is 0.384 e. The van der Waals surface area contributed by atoms with Gasteiger partial charge < -0.3 is 10.0 Å². The van der Waals surface area contributed by atoms with Gasteiger partial charge in [0.25, 0.3) is 0 Å². The first-order valence-electron chi connectivity index (χ1n) is 5.88. The average Bonchev–Trinajstić information content (AvgIpc) is 2.93. The van der Waals surface area contributed by atoms with Crippen LogP contribution < -0.4 is 0 Å². The van der Waals surface area contributed by atoms with E-state index in [0.717, 1.165) is 26.1 Å². The van der Waals surface area contributed by atoms with Gasteiger partial charge in [0, 0.05) is 25.2 Å². The largest absolute Gasteiger partial charge is 0.443 e. The third-order valence-electron chi connectivity index (χ3n) is 3.93. The summed E-state index contributed by atoms with van der Waals surface area (Å²) in [6.07, 6.45) is -1.88. The zero-order chi connectivity index (χ0) is 13.0. The normalized spacial score (nSPS) is 36.0. The number of halogens is 3. The van der Waals surface area contributed by atoms with Crippen LogP contribution in [0, 0.1) is 5.92 Å². The molecule has 3 atom stereocenters. The summed E-state index contributed by atoms with van der Waals surface area (Å²) < 4.78 is 37.6. The molecule has 7 heteroatoms. The van der Waals surface area contributed by atoms with Gasteiger partial charge in [-0.3, -0.25) is 0 Å². The van der Waals surface area contributed by atoms with E-state index in [4.69, 9.17) is 0 Å². The maximum Gasteiger partial charge on any atom is 0.443 e. The third kappa shape index (κ3) is 1.85. The fraction of sp³-hybridized carbons (Fsp3) is 0.727. The van der Waals surface area contributed by atoms with Gasteiger partial charge in [-0.2, -0.15) is 13.2 Å². The first kappa shape index (κ1) is 12.4. The van der Waals surface area contributed by atoms with E-state index in [2.05, 4.69) is 9.88 Å². The van der Waals surface area contributed by atoms with Crippen molar-refractivity contribution in [1.82, 2.24) is 9.88 Å². The molecule has 0 radical (unpaired) electrons. The number of aromatic nitrogens is 1. The molecule has 0 aromatic carbocycles. The molecule has 0 spiro atoms. The molecule has 0 amide bonds. The summed E-state index contributed by atoms with van der Waals surface area (Å²) in [5.41, 5.74) is -1.12. The van der Waals surface area contributed by atoms with E-state index in [-0.39, 0.29) is 5.92 Å². The van der Waals surface area contributed by atoms with Crippen LogP contribution in [0.15, 0.2) is 6.20 Å². The van der Waals surface area contributed by atoms with Gasteiger partial charge in [-0.15, -0.1) is 11.3 Å². The Morgan fingerprint density at radius 1 is 1.44 bits per heavy atom. The molecule has 100 valence electrons. The third-order valence-corrected chi connectivity index (χ3v) is 5.14. The van der Waals surface area contributed by atoms with E-state index < -0.39 is 16.8 Å². The molecule has 0 saturated carbocycles. The highest BCUT2D eigenvalue weighted by atomic mass is 32.1. The van der Waals surface area contributed by atoms with Crippen LogP contribution >= 0.6 is 11.3 Å². The van der Waals surface area contributed by atoms with Gasteiger partial charge in [0.2, 0.25) is 0 Å². The molecule has 2 aliphatic rings. The second kappa shape index (κ2) is 3.91. The van der Waals surface area contributed by atoms with Crippen molar-refractivity contribution in [1.29, 1.82) is 0 Å². The summed E-state index contributed by atoms with van der Waals surface area (Å²) in [5.74, 6) is 0.0350. The molecule has 2 aliphatic heterocycles. The minimum atomic E-state index is -4.42. The Morgan fingerprint density at radius 3 is 2.89 bits per heavy atom. The molecular weight excluding hydrogens is 265 g/mol. The standard InChI is InChI=1S/C11H13F3N2OS/c12-11(13,14)9-15-5-8(18-9)10(17)2-4-16-3-1-7(10)6-16/h5,7,17H,1-4,6H2. The Hall–Kier alpha value is -0.660. The van der Waals surface area contributed by atoms with Gasteiger partial charge in [0.15, 0.2) is 5.01 Å². The molecule has 3 rings (SSSR count). The van der Waals surface area contributed by atoms with Crippen molar-refractivity contribution in [3.05, 3.63) is 16.1 Å². The first-order valence-corrected chi connectivity index (χ1v) is 6.69. The zero-order valence-electron chi connectivity index (χ0n) is 9.57. The lowest BCUT2D eigenvalue weighted by Crippen LogP contribution is -2.43. The minimum absolute atomic E-state index is 0.0350. The van der Waals surface area contributed by atoms with E-state index in [9.17, 15) is 18.3 Å². The molecule has 2 fully saturated rings.